The third kappa shape index (κ3) is 5.00. The van der Waals surface area contributed by atoms with Gasteiger partial charge in [0.2, 0.25) is 5.91 Å². The topological polar surface area (TPSA) is 65.4 Å². The second-order valence-corrected chi connectivity index (χ2v) is 7.85. The Balaban J connectivity index is 1.83. The number of aryl methyl sites for hydroxylation is 2. The average Bonchev–Trinajstić information content (AvgIpc) is 3.14. The van der Waals surface area contributed by atoms with Crippen molar-refractivity contribution >= 4 is 17.3 Å². The summed E-state index contributed by atoms with van der Waals surface area (Å²) < 4.78 is 45.3. The van der Waals surface area contributed by atoms with E-state index in [0.717, 1.165) is 17.2 Å². The zero-order valence-electron chi connectivity index (χ0n) is 17.6. The number of benzene rings is 2. The van der Waals surface area contributed by atoms with Gasteiger partial charge in [0.1, 0.15) is 0 Å². The third-order valence-electron chi connectivity index (χ3n) is 5.73. The van der Waals surface area contributed by atoms with E-state index in [9.17, 15) is 18.0 Å². The third-order valence-corrected chi connectivity index (χ3v) is 5.73. The Morgan fingerprint density at radius 3 is 2.55 bits per heavy atom. The quantitative estimate of drug-likeness (QED) is 0.756. The first-order valence-corrected chi connectivity index (χ1v) is 9.87. The highest BCUT2D eigenvalue weighted by molar-refractivity contribution is 5.93. The van der Waals surface area contributed by atoms with Gasteiger partial charge in [0, 0.05) is 37.5 Å². The highest BCUT2D eigenvalue weighted by Crippen LogP contribution is 2.36. The lowest BCUT2D eigenvalue weighted by Crippen LogP contribution is -2.31. The molecule has 2 atom stereocenters. The number of nitrogens with one attached hydrogen (secondary N) is 1. The molecule has 2 aromatic rings. The number of alkyl halides is 3. The summed E-state index contributed by atoms with van der Waals surface area (Å²) in [6.45, 7) is 4.89. The van der Waals surface area contributed by atoms with Crippen LogP contribution < -0.4 is 10.2 Å². The summed E-state index contributed by atoms with van der Waals surface area (Å²) in [5.74, 6) is -0.828. The van der Waals surface area contributed by atoms with Crippen molar-refractivity contribution in [2.75, 3.05) is 37.0 Å². The molecule has 3 rings (SSSR count). The monoisotopic (exact) mass is 431 g/mol. The molecular weight excluding hydrogens is 407 g/mol. The zero-order valence-corrected chi connectivity index (χ0v) is 17.6. The fourth-order valence-electron chi connectivity index (χ4n) is 3.88. The summed E-state index contributed by atoms with van der Waals surface area (Å²) in [5, 5.41) is 11.9. The van der Waals surface area contributed by atoms with Crippen LogP contribution in [0.5, 0.6) is 0 Å². The fourth-order valence-corrected chi connectivity index (χ4v) is 3.88. The average molecular weight is 431 g/mol. The molecular formula is C23H24F3N3O2. The molecule has 0 radical (unpaired) electrons. The minimum atomic E-state index is -4.63. The van der Waals surface area contributed by atoms with Gasteiger partial charge in [-0.15, -0.1) is 0 Å². The van der Waals surface area contributed by atoms with Crippen LogP contribution in [-0.2, 0) is 15.7 Å². The van der Waals surface area contributed by atoms with Crippen LogP contribution in [0.3, 0.4) is 0 Å². The number of carbonyl (C=O) groups excluding carboxylic acids is 1. The molecule has 0 saturated carbocycles. The molecule has 1 aliphatic rings. The molecule has 1 amide bonds. The first-order chi connectivity index (χ1) is 14.6. The summed E-state index contributed by atoms with van der Waals surface area (Å²) in [7, 11) is 1.53. The standard InChI is InChI=1S/C23H24F3N3O2/c1-14-4-6-18(8-15(14)2)28-22(30)20-12-29(11-17(20)13-31-3)19-7-5-16(10-27)21(9-19)23(24,25)26/h4-9,17,20H,11-13H2,1-3H3,(H,28,30)/t17-,20+/m1/s1. The molecule has 2 aromatic carbocycles. The van der Waals surface area contributed by atoms with E-state index in [0.29, 0.717) is 24.5 Å². The summed E-state index contributed by atoms with van der Waals surface area (Å²) in [6.07, 6.45) is -4.63. The molecule has 0 bridgehead atoms. The van der Waals surface area contributed by atoms with Gasteiger partial charge in [-0.3, -0.25) is 4.79 Å². The molecule has 0 spiro atoms. The van der Waals surface area contributed by atoms with Gasteiger partial charge in [-0.05, 0) is 55.3 Å². The molecule has 31 heavy (non-hydrogen) atoms. The van der Waals surface area contributed by atoms with Crippen LogP contribution in [-0.4, -0.2) is 32.7 Å². The largest absolute Gasteiger partial charge is 0.417 e. The first kappa shape index (κ1) is 22.6. The van der Waals surface area contributed by atoms with E-state index < -0.39 is 23.2 Å². The maximum atomic E-state index is 13.4. The molecule has 8 heteroatoms. The van der Waals surface area contributed by atoms with E-state index in [-0.39, 0.29) is 18.4 Å². The second-order valence-electron chi connectivity index (χ2n) is 7.85. The molecule has 164 valence electrons. The minimum absolute atomic E-state index is 0.179. The van der Waals surface area contributed by atoms with Gasteiger partial charge in [0.05, 0.1) is 29.7 Å². The highest BCUT2D eigenvalue weighted by atomic mass is 19.4. The number of anilines is 2. The van der Waals surface area contributed by atoms with Crippen molar-refractivity contribution in [2.45, 2.75) is 20.0 Å². The number of methoxy groups -OCH3 is 1. The fraction of sp³-hybridized carbons (Fsp3) is 0.391. The van der Waals surface area contributed by atoms with Crippen LogP contribution in [0.4, 0.5) is 24.5 Å². The van der Waals surface area contributed by atoms with Gasteiger partial charge in [-0.25, -0.2) is 0 Å². The Morgan fingerprint density at radius 1 is 1.19 bits per heavy atom. The van der Waals surface area contributed by atoms with Crippen molar-refractivity contribution < 1.29 is 22.7 Å². The smallest absolute Gasteiger partial charge is 0.384 e. The second kappa shape index (κ2) is 8.98. The number of carbonyl (C=O) groups is 1. The van der Waals surface area contributed by atoms with E-state index in [1.54, 1.807) is 11.0 Å². The molecule has 0 aromatic heterocycles. The van der Waals surface area contributed by atoms with Gasteiger partial charge in [-0.2, -0.15) is 18.4 Å². The lowest BCUT2D eigenvalue weighted by Gasteiger charge is -2.20. The van der Waals surface area contributed by atoms with E-state index in [2.05, 4.69) is 5.32 Å². The van der Waals surface area contributed by atoms with Crippen LogP contribution in [0.25, 0.3) is 0 Å². The van der Waals surface area contributed by atoms with Crippen LogP contribution >= 0.6 is 0 Å². The number of halogens is 3. The molecule has 1 heterocycles. The van der Waals surface area contributed by atoms with Gasteiger partial charge in [0.15, 0.2) is 0 Å². The van der Waals surface area contributed by atoms with Crippen LogP contribution in [0.2, 0.25) is 0 Å². The first-order valence-electron chi connectivity index (χ1n) is 9.87. The number of amides is 1. The minimum Gasteiger partial charge on any atom is -0.384 e. The van der Waals surface area contributed by atoms with Gasteiger partial charge in [0.25, 0.3) is 0 Å². The number of nitriles is 1. The zero-order chi connectivity index (χ0) is 22.8. The van der Waals surface area contributed by atoms with E-state index in [1.807, 2.05) is 32.0 Å². The number of nitrogens with zero attached hydrogens (tertiary/aromatic N) is 2. The molecule has 1 saturated heterocycles. The summed E-state index contributed by atoms with van der Waals surface area (Å²) in [5.41, 5.74) is 1.78. The normalized spacial score (nSPS) is 18.7. The molecule has 1 N–H and O–H groups in total. The van der Waals surface area contributed by atoms with E-state index >= 15 is 0 Å². The molecule has 1 aliphatic heterocycles. The van der Waals surface area contributed by atoms with Crippen molar-refractivity contribution in [2.24, 2.45) is 11.8 Å². The SMILES string of the molecule is COC[C@H]1CN(c2ccc(C#N)c(C(F)(F)F)c2)C[C@@H]1C(=O)Nc1ccc(C)c(C)c1. The van der Waals surface area contributed by atoms with Crippen LogP contribution in [0.1, 0.15) is 22.3 Å². The predicted octanol–water partition coefficient (Wildman–Crippen LogP) is 4.53. The highest BCUT2D eigenvalue weighted by Gasteiger charge is 2.39. The number of hydrogen-bond donors (Lipinski definition) is 1. The van der Waals surface area contributed by atoms with Crippen molar-refractivity contribution in [3.05, 3.63) is 58.7 Å². The maximum Gasteiger partial charge on any atom is 0.417 e. The molecule has 1 fully saturated rings. The predicted molar refractivity (Wildman–Crippen MR) is 112 cm³/mol. The summed E-state index contributed by atoms with van der Waals surface area (Å²) in [4.78, 5) is 14.7. The number of ether oxygens (including phenoxy) is 1. The summed E-state index contributed by atoms with van der Waals surface area (Å²) >= 11 is 0. The lowest BCUT2D eigenvalue weighted by atomic mass is 9.96. The maximum absolute atomic E-state index is 13.4. The van der Waals surface area contributed by atoms with Crippen molar-refractivity contribution in [3.8, 4) is 6.07 Å². The van der Waals surface area contributed by atoms with Crippen LogP contribution in [0, 0.1) is 37.0 Å². The van der Waals surface area contributed by atoms with Gasteiger partial charge >= 0.3 is 6.18 Å². The Labute approximate surface area is 179 Å². The van der Waals surface area contributed by atoms with Crippen LogP contribution in [0.15, 0.2) is 36.4 Å². The number of rotatable bonds is 5. The molecule has 0 aliphatic carbocycles. The van der Waals surface area contributed by atoms with E-state index in [1.165, 1.54) is 19.2 Å². The Morgan fingerprint density at radius 2 is 1.94 bits per heavy atom. The Hall–Kier alpha value is -3.05. The lowest BCUT2D eigenvalue weighted by molar-refractivity contribution is -0.137. The van der Waals surface area contributed by atoms with Gasteiger partial charge < -0.3 is 15.0 Å². The summed E-state index contributed by atoms with van der Waals surface area (Å²) in [6, 6.07) is 10.9. The Bertz CT molecular complexity index is 1010. The van der Waals surface area contributed by atoms with Crippen molar-refractivity contribution in [1.29, 1.82) is 5.26 Å². The Kier molecular flexibility index (Phi) is 6.56. The van der Waals surface area contributed by atoms with E-state index in [4.69, 9.17) is 10.00 Å². The van der Waals surface area contributed by atoms with Crippen molar-refractivity contribution in [1.82, 2.24) is 0 Å². The van der Waals surface area contributed by atoms with Crippen molar-refractivity contribution in [3.63, 3.8) is 0 Å². The van der Waals surface area contributed by atoms with Gasteiger partial charge in [-0.1, -0.05) is 6.07 Å². The number of hydrogen-bond acceptors (Lipinski definition) is 4. The molecule has 5 nitrogen and oxygen atoms in total. The molecule has 0 unspecified atom stereocenters.